The second kappa shape index (κ2) is 6.88. The Morgan fingerprint density at radius 3 is 2.21 bits per heavy atom. The second-order valence-corrected chi connectivity index (χ2v) is 4.47. The summed E-state index contributed by atoms with van der Waals surface area (Å²) in [6, 6.07) is 19.1. The van der Waals surface area contributed by atoms with Gasteiger partial charge >= 0.3 is 0 Å². The molecule has 0 aliphatic heterocycles. The van der Waals surface area contributed by atoms with Gasteiger partial charge in [0, 0.05) is 19.1 Å². The Morgan fingerprint density at radius 1 is 1.00 bits per heavy atom. The largest absolute Gasteiger partial charge is 0.329 e. The minimum absolute atomic E-state index is 0.183. The van der Waals surface area contributed by atoms with Crippen LogP contribution in [0.2, 0.25) is 0 Å². The summed E-state index contributed by atoms with van der Waals surface area (Å²) in [5, 5.41) is 3.35. The van der Waals surface area contributed by atoms with Crippen molar-refractivity contribution >= 4 is 0 Å². The summed E-state index contributed by atoms with van der Waals surface area (Å²) in [6.45, 7) is 5.06. The van der Waals surface area contributed by atoms with Gasteiger partial charge in [0.05, 0.1) is 0 Å². The topological polar surface area (TPSA) is 38.0 Å². The molecule has 3 N–H and O–H groups in total. The maximum atomic E-state index is 5.80. The molecule has 0 aliphatic rings. The Labute approximate surface area is 115 Å². The van der Waals surface area contributed by atoms with Gasteiger partial charge in [0.2, 0.25) is 0 Å². The van der Waals surface area contributed by atoms with E-state index in [0.29, 0.717) is 6.54 Å². The van der Waals surface area contributed by atoms with Crippen molar-refractivity contribution in [2.45, 2.75) is 6.04 Å². The van der Waals surface area contributed by atoms with Gasteiger partial charge in [0.25, 0.3) is 0 Å². The molecule has 0 saturated carbocycles. The van der Waals surface area contributed by atoms with E-state index < -0.39 is 0 Å². The van der Waals surface area contributed by atoms with E-state index in [0.717, 1.165) is 6.54 Å². The average Bonchev–Trinajstić information content (AvgIpc) is 2.49. The number of nitrogens with one attached hydrogen (secondary N) is 1. The maximum absolute atomic E-state index is 5.80. The first-order valence-corrected chi connectivity index (χ1v) is 6.55. The van der Waals surface area contributed by atoms with Crippen molar-refractivity contribution in [2.75, 3.05) is 13.1 Å². The number of hydrogen-bond acceptors (Lipinski definition) is 2. The Bertz CT molecular complexity index is 503. The van der Waals surface area contributed by atoms with Crippen LogP contribution in [0.15, 0.2) is 67.3 Å². The molecule has 0 amide bonds. The smallest absolute Gasteiger partial charge is 0.0446 e. The monoisotopic (exact) mass is 252 g/mol. The van der Waals surface area contributed by atoms with Gasteiger partial charge in [0.1, 0.15) is 0 Å². The zero-order valence-electron chi connectivity index (χ0n) is 11.0. The molecule has 0 bridgehead atoms. The highest BCUT2D eigenvalue weighted by atomic mass is 14.9. The standard InChI is InChI=1S/C17H20N2/c1-2-12-19-17(13-18)16-10-8-15(9-11-16)14-6-4-3-5-7-14/h2-11,17,19H,1,12-13,18H2. The lowest BCUT2D eigenvalue weighted by Gasteiger charge is -2.16. The van der Waals surface area contributed by atoms with E-state index in [1.54, 1.807) is 0 Å². The van der Waals surface area contributed by atoms with Crippen molar-refractivity contribution in [1.82, 2.24) is 5.32 Å². The molecule has 2 nitrogen and oxygen atoms in total. The molecule has 2 rings (SSSR count). The van der Waals surface area contributed by atoms with E-state index in [-0.39, 0.29) is 6.04 Å². The number of nitrogens with two attached hydrogens (primary N) is 1. The van der Waals surface area contributed by atoms with Crippen LogP contribution in [-0.4, -0.2) is 13.1 Å². The third kappa shape index (κ3) is 3.53. The van der Waals surface area contributed by atoms with Gasteiger partial charge in [-0.05, 0) is 16.7 Å². The zero-order chi connectivity index (χ0) is 13.5. The molecule has 0 spiro atoms. The molecule has 1 unspecified atom stereocenters. The quantitative estimate of drug-likeness (QED) is 0.775. The van der Waals surface area contributed by atoms with Crippen molar-refractivity contribution in [2.24, 2.45) is 5.73 Å². The van der Waals surface area contributed by atoms with Crippen LogP contribution in [0.5, 0.6) is 0 Å². The molecule has 1 atom stereocenters. The van der Waals surface area contributed by atoms with Crippen molar-refractivity contribution in [1.29, 1.82) is 0 Å². The highest BCUT2D eigenvalue weighted by molar-refractivity contribution is 5.63. The molecular weight excluding hydrogens is 232 g/mol. The first-order chi connectivity index (χ1) is 9.35. The molecular formula is C17H20N2. The summed E-state index contributed by atoms with van der Waals surface area (Å²) in [5.41, 5.74) is 9.47. The van der Waals surface area contributed by atoms with E-state index in [4.69, 9.17) is 5.73 Å². The molecule has 0 aliphatic carbocycles. The van der Waals surface area contributed by atoms with Gasteiger partial charge in [-0.3, -0.25) is 0 Å². The van der Waals surface area contributed by atoms with Crippen molar-refractivity contribution in [3.8, 4) is 11.1 Å². The lowest BCUT2D eigenvalue weighted by Crippen LogP contribution is -2.28. The van der Waals surface area contributed by atoms with E-state index in [9.17, 15) is 0 Å². The Balaban J connectivity index is 2.15. The third-order valence-corrected chi connectivity index (χ3v) is 3.16. The fraction of sp³-hybridized carbons (Fsp3) is 0.176. The van der Waals surface area contributed by atoms with Crippen LogP contribution in [-0.2, 0) is 0 Å². The van der Waals surface area contributed by atoms with Gasteiger partial charge in [-0.15, -0.1) is 6.58 Å². The van der Waals surface area contributed by atoms with Crippen LogP contribution in [0.1, 0.15) is 11.6 Å². The summed E-state index contributed by atoms with van der Waals surface area (Å²) in [4.78, 5) is 0. The molecule has 2 heteroatoms. The van der Waals surface area contributed by atoms with Crippen LogP contribution in [0, 0.1) is 0 Å². The summed E-state index contributed by atoms with van der Waals surface area (Å²) < 4.78 is 0. The fourth-order valence-electron chi connectivity index (χ4n) is 2.10. The number of rotatable bonds is 6. The van der Waals surface area contributed by atoms with Gasteiger partial charge in [-0.2, -0.15) is 0 Å². The minimum atomic E-state index is 0.183. The van der Waals surface area contributed by atoms with Crippen LogP contribution in [0.3, 0.4) is 0 Å². The van der Waals surface area contributed by atoms with E-state index in [1.165, 1.54) is 16.7 Å². The predicted molar refractivity (Wildman–Crippen MR) is 81.9 cm³/mol. The Hall–Kier alpha value is -1.90. The molecule has 19 heavy (non-hydrogen) atoms. The van der Waals surface area contributed by atoms with E-state index in [2.05, 4.69) is 60.4 Å². The molecule has 0 heterocycles. The molecule has 2 aromatic carbocycles. The first kappa shape index (κ1) is 13.5. The van der Waals surface area contributed by atoms with Crippen LogP contribution < -0.4 is 11.1 Å². The van der Waals surface area contributed by atoms with Crippen molar-refractivity contribution in [3.05, 3.63) is 72.8 Å². The molecule has 0 radical (unpaired) electrons. The zero-order valence-corrected chi connectivity index (χ0v) is 11.0. The molecule has 98 valence electrons. The summed E-state index contributed by atoms with van der Waals surface area (Å²) in [6.07, 6.45) is 1.85. The number of benzene rings is 2. The predicted octanol–water partition coefficient (Wildman–Crippen LogP) is 3.13. The summed E-state index contributed by atoms with van der Waals surface area (Å²) >= 11 is 0. The van der Waals surface area contributed by atoms with Gasteiger partial charge in [-0.25, -0.2) is 0 Å². The SMILES string of the molecule is C=CCNC(CN)c1ccc(-c2ccccc2)cc1. The Kier molecular flexibility index (Phi) is 4.90. The van der Waals surface area contributed by atoms with Crippen LogP contribution in [0.25, 0.3) is 11.1 Å². The highest BCUT2D eigenvalue weighted by Gasteiger charge is 2.07. The third-order valence-electron chi connectivity index (χ3n) is 3.16. The van der Waals surface area contributed by atoms with Crippen LogP contribution in [0.4, 0.5) is 0 Å². The van der Waals surface area contributed by atoms with Gasteiger partial charge in [-0.1, -0.05) is 60.7 Å². The van der Waals surface area contributed by atoms with E-state index >= 15 is 0 Å². The lowest BCUT2D eigenvalue weighted by atomic mass is 10.0. The van der Waals surface area contributed by atoms with Gasteiger partial charge in [0.15, 0.2) is 0 Å². The summed E-state index contributed by atoms with van der Waals surface area (Å²) in [5.74, 6) is 0. The maximum Gasteiger partial charge on any atom is 0.0446 e. The van der Waals surface area contributed by atoms with E-state index in [1.807, 2.05) is 12.1 Å². The first-order valence-electron chi connectivity index (χ1n) is 6.55. The Morgan fingerprint density at radius 2 is 1.63 bits per heavy atom. The molecule has 0 saturated heterocycles. The molecule has 0 fully saturated rings. The lowest BCUT2D eigenvalue weighted by molar-refractivity contribution is 0.578. The van der Waals surface area contributed by atoms with Crippen molar-refractivity contribution < 1.29 is 0 Å². The molecule has 0 aromatic heterocycles. The van der Waals surface area contributed by atoms with Crippen molar-refractivity contribution in [3.63, 3.8) is 0 Å². The van der Waals surface area contributed by atoms with Gasteiger partial charge < -0.3 is 11.1 Å². The fourth-order valence-corrected chi connectivity index (χ4v) is 2.10. The summed E-state index contributed by atoms with van der Waals surface area (Å²) in [7, 11) is 0. The minimum Gasteiger partial charge on any atom is -0.329 e. The normalized spacial score (nSPS) is 12.1. The highest BCUT2D eigenvalue weighted by Crippen LogP contribution is 2.21. The molecule has 2 aromatic rings. The second-order valence-electron chi connectivity index (χ2n) is 4.47. The van der Waals surface area contributed by atoms with Crippen LogP contribution >= 0.6 is 0 Å². The average molecular weight is 252 g/mol. The number of hydrogen-bond donors (Lipinski definition) is 2.